The number of rotatable bonds is 5. The van der Waals surface area contributed by atoms with Gasteiger partial charge in [-0.2, -0.15) is 0 Å². The highest BCUT2D eigenvalue weighted by molar-refractivity contribution is 5.93. The van der Waals surface area contributed by atoms with Crippen molar-refractivity contribution < 1.29 is 4.79 Å². The van der Waals surface area contributed by atoms with Gasteiger partial charge in [-0.15, -0.1) is 0 Å². The number of carbonyl (C=O) groups is 1. The Labute approximate surface area is 103 Å². The number of hydrogen-bond donors (Lipinski definition) is 2. The van der Waals surface area contributed by atoms with Gasteiger partial charge in [0.15, 0.2) is 0 Å². The Morgan fingerprint density at radius 2 is 1.88 bits per heavy atom. The number of benzene rings is 1. The minimum Gasteiger partial charge on any atom is -0.355 e. The van der Waals surface area contributed by atoms with Crippen LogP contribution in [0.2, 0.25) is 0 Å². The van der Waals surface area contributed by atoms with Crippen molar-refractivity contribution in [3.63, 3.8) is 0 Å². The number of hydrogen-bond acceptors (Lipinski definition) is 2. The van der Waals surface area contributed by atoms with E-state index in [1.165, 1.54) is 11.1 Å². The van der Waals surface area contributed by atoms with Crippen molar-refractivity contribution in [2.75, 3.05) is 13.6 Å². The van der Waals surface area contributed by atoms with Crippen LogP contribution < -0.4 is 10.6 Å². The fourth-order valence-electron chi connectivity index (χ4n) is 1.41. The topological polar surface area (TPSA) is 41.1 Å². The molecule has 1 aromatic carbocycles. The Bertz CT molecular complexity index is 389. The number of nitrogens with one attached hydrogen (secondary N) is 2. The van der Waals surface area contributed by atoms with Crippen molar-refractivity contribution in [3.05, 3.63) is 47.0 Å². The summed E-state index contributed by atoms with van der Waals surface area (Å²) in [6.45, 7) is 5.86. The predicted octanol–water partition coefficient (Wildman–Crippen LogP) is 2.10. The molecule has 1 rings (SSSR count). The first kappa shape index (κ1) is 13.5. The fourth-order valence-corrected chi connectivity index (χ4v) is 1.41. The summed E-state index contributed by atoms with van der Waals surface area (Å²) >= 11 is 0. The smallest absolute Gasteiger partial charge is 0.251 e. The number of carbonyl (C=O) groups excluding carboxylic acids is 1. The van der Waals surface area contributed by atoms with Crippen LogP contribution in [0.3, 0.4) is 0 Å². The Balaban J connectivity index is 2.46. The molecule has 0 heterocycles. The molecule has 0 aromatic heterocycles. The van der Waals surface area contributed by atoms with Crippen LogP contribution in [-0.2, 0) is 6.54 Å². The van der Waals surface area contributed by atoms with E-state index in [-0.39, 0.29) is 5.91 Å². The van der Waals surface area contributed by atoms with E-state index in [1.54, 1.807) is 7.05 Å². The summed E-state index contributed by atoms with van der Waals surface area (Å²) < 4.78 is 0. The van der Waals surface area contributed by atoms with E-state index in [2.05, 4.69) is 30.6 Å². The summed E-state index contributed by atoms with van der Waals surface area (Å²) in [5, 5.41) is 5.92. The summed E-state index contributed by atoms with van der Waals surface area (Å²) in [7, 11) is 1.64. The molecule has 0 atom stereocenters. The fraction of sp³-hybridized carbons (Fsp3) is 0.357. The maximum Gasteiger partial charge on any atom is 0.251 e. The third-order valence-electron chi connectivity index (χ3n) is 2.43. The van der Waals surface area contributed by atoms with Gasteiger partial charge in [0.2, 0.25) is 0 Å². The SMILES string of the molecule is CNC(=O)c1ccc(CNCC=C(C)C)cc1. The zero-order chi connectivity index (χ0) is 12.7. The molecule has 3 nitrogen and oxygen atoms in total. The summed E-state index contributed by atoms with van der Waals surface area (Å²) in [6, 6.07) is 7.63. The van der Waals surface area contributed by atoms with Crippen LogP contribution >= 0.6 is 0 Å². The van der Waals surface area contributed by atoms with Gasteiger partial charge in [-0.3, -0.25) is 4.79 Å². The molecule has 2 N–H and O–H groups in total. The molecule has 3 heteroatoms. The second-order valence-corrected chi connectivity index (χ2v) is 4.19. The molecule has 0 radical (unpaired) electrons. The lowest BCUT2D eigenvalue weighted by atomic mass is 10.1. The van der Waals surface area contributed by atoms with Crippen LogP contribution in [0, 0.1) is 0 Å². The van der Waals surface area contributed by atoms with E-state index < -0.39 is 0 Å². The van der Waals surface area contributed by atoms with Crippen molar-refractivity contribution in [2.24, 2.45) is 0 Å². The molecule has 0 bridgehead atoms. The van der Waals surface area contributed by atoms with Gasteiger partial charge in [-0.05, 0) is 31.5 Å². The van der Waals surface area contributed by atoms with Crippen molar-refractivity contribution >= 4 is 5.91 Å². The first-order valence-electron chi connectivity index (χ1n) is 5.78. The van der Waals surface area contributed by atoms with Gasteiger partial charge in [0, 0.05) is 25.7 Å². The molecule has 17 heavy (non-hydrogen) atoms. The molecule has 0 fully saturated rings. The van der Waals surface area contributed by atoms with Gasteiger partial charge in [0.05, 0.1) is 0 Å². The van der Waals surface area contributed by atoms with Crippen LogP contribution in [0.4, 0.5) is 0 Å². The third kappa shape index (κ3) is 4.83. The quantitative estimate of drug-likeness (QED) is 0.603. The normalized spacial score (nSPS) is 9.82. The van der Waals surface area contributed by atoms with Crippen LogP contribution in [0.5, 0.6) is 0 Å². The Hall–Kier alpha value is -1.61. The van der Waals surface area contributed by atoms with Crippen molar-refractivity contribution in [2.45, 2.75) is 20.4 Å². The van der Waals surface area contributed by atoms with Gasteiger partial charge >= 0.3 is 0 Å². The highest BCUT2D eigenvalue weighted by Gasteiger charge is 2.01. The lowest BCUT2D eigenvalue weighted by molar-refractivity contribution is 0.0963. The minimum absolute atomic E-state index is 0.0472. The first-order valence-corrected chi connectivity index (χ1v) is 5.78. The van der Waals surface area contributed by atoms with Crippen LogP contribution in [0.1, 0.15) is 29.8 Å². The third-order valence-corrected chi connectivity index (χ3v) is 2.43. The van der Waals surface area contributed by atoms with Crippen molar-refractivity contribution in [1.29, 1.82) is 0 Å². The molecule has 1 aromatic rings. The summed E-state index contributed by atoms with van der Waals surface area (Å²) in [4.78, 5) is 11.3. The number of allylic oxidation sites excluding steroid dienone is 1. The molecule has 1 amide bonds. The molecule has 0 aliphatic carbocycles. The Kier molecular flexibility index (Phi) is 5.43. The van der Waals surface area contributed by atoms with E-state index >= 15 is 0 Å². The van der Waals surface area contributed by atoms with Gasteiger partial charge in [0.25, 0.3) is 5.91 Å². The maximum absolute atomic E-state index is 11.3. The zero-order valence-electron chi connectivity index (χ0n) is 10.7. The molecule has 0 spiro atoms. The van der Waals surface area contributed by atoms with Gasteiger partial charge in [-0.25, -0.2) is 0 Å². The molecule has 0 saturated heterocycles. The first-order chi connectivity index (χ1) is 8.13. The lowest BCUT2D eigenvalue weighted by Crippen LogP contribution is -2.18. The minimum atomic E-state index is -0.0472. The predicted molar refractivity (Wildman–Crippen MR) is 71.0 cm³/mol. The zero-order valence-corrected chi connectivity index (χ0v) is 10.7. The van der Waals surface area contributed by atoms with Gasteiger partial charge < -0.3 is 10.6 Å². The monoisotopic (exact) mass is 232 g/mol. The second-order valence-electron chi connectivity index (χ2n) is 4.19. The molecule has 0 aliphatic heterocycles. The van der Waals surface area contributed by atoms with Gasteiger partial charge in [-0.1, -0.05) is 23.8 Å². The van der Waals surface area contributed by atoms with Crippen LogP contribution in [0.25, 0.3) is 0 Å². The Morgan fingerprint density at radius 1 is 1.24 bits per heavy atom. The van der Waals surface area contributed by atoms with E-state index in [1.807, 2.05) is 24.3 Å². The van der Waals surface area contributed by atoms with Crippen LogP contribution in [0.15, 0.2) is 35.9 Å². The van der Waals surface area contributed by atoms with E-state index in [0.29, 0.717) is 5.56 Å². The molecular formula is C14H20N2O. The van der Waals surface area contributed by atoms with Crippen molar-refractivity contribution in [3.8, 4) is 0 Å². The Morgan fingerprint density at radius 3 is 2.41 bits per heavy atom. The van der Waals surface area contributed by atoms with E-state index in [4.69, 9.17) is 0 Å². The maximum atomic E-state index is 11.3. The summed E-state index contributed by atoms with van der Waals surface area (Å²) in [6.07, 6.45) is 2.15. The lowest BCUT2D eigenvalue weighted by Gasteiger charge is -2.04. The van der Waals surface area contributed by atoms with Gasteiger partial charge in [0.1, 0.15) is 0 Å². The summed E-state index contributed by atoms with van der Waals surface area (Å²) in [5.74, 6) is -0.0472. The van der Waals surface area contributed by atoms with E-state index in [9.17, 15) is 4.79 Å². The molecular weight excluding hydrogens is 212 g/mol. The average molecular weight is 232 g/mol. The molecule has 92 valence electrons. The number of amides is 1. The molecule has 0 saturated carbocycles. The highest BCUT2D eigenvalue weighted by Crippen LogP contribution is 2.04. The highest BCUT2D eigenvalue weighted by atomic mass is 16.1. The average Bonchev–Trinajstić information content (AvgIpc) is 2.34. The summed E-state index contributed by atoms with van der Waals surface area (Å²) in [5.41, 5.74) is 3.19. The van der Waals surface area contributed by atoms with Crippen molar-refractivity contribution in [1.82, 2.24) is 10.6 Å². The largest absolute Gasteiger partial charge is 0.355 e. The van der Waals surface area contributed by atoms with Crippen LogP contribution in [-0.4, -0.2) is 19.5 Å². The van der Waals surface area contributed by atoms with E-state index in [0.717, 1.165) is 13.1 Å². The second kappa shape index (κ2) is 6.86. The molecule has 0 unspecified atom stereocenters. The molecule has 0 aliphatic rings. The standard InChI is InChI=1S/C14H20N2O/c1-11(2)8-9-16-10-12-4-6-13(7-5-12)14(17)15-3/h4-8,16H,9-10H2,1-3H3,(H,15,17).